The highest BCUT2D eigenvalue weighted by Gasteiger charge is 2.08. The van der Waals surface area contributed by atoms with Gasteiger partial charge in [-0.25, -0.2) is 0 Å². The van der Waals surface area contributed by atoms with Crippen molar-refractivity contribution in [2.75, 3.05) is 13.7 Å². The van der Waals surface area contributed by atoms with Crippen LogP contribution in [0.25, 0.3) is 0 Å². The predicted octanol–water partition coefficient (Wildman–Crippen LogP) is 4.67. The average molecular weight is 350 g/mol. The van der Waals surface area contributed by atoms with Gasteiger partial charge in [0.15, 0.2) is 0 Å². The van der Waals surface area contributed by atoms with E-state index in [1.165, 1.54) is 5.56 Å². The van der Waals surface area contributed by atoms with Gasteiger partial charge in [0.05, 0.1) is 11.6 Å². The Labute approximate surface area is 134 Å². The minimum Gasteiger partial charge on any atom is -0.497 e. The second kappa shape index (κ2) is 7.48. The summed E-state index contributed by atoms with van der Waals surface area (Å²) in [7, 11) is 1.65. The van der Waals surface area contributed by atoms with E-state index in [9.17, 15) is 0 Å². The summed E-state index contributed by atoms with van der Waals surface area (Å²) < 4.78 is 12.1. The maximum Gasteiger partial charge on any atom is 0.141 e. The van der Waals surface area contributed by atoms with Crippen LogP contribution >= 0.6 is 15.9 Å². The van der Waals surface area contributed by atoms with E-state index in [0.717, 1.165) is 40.4 Å². The van der Waals surface area contributed by atoms with Crippen molar-refractivity contribution in [3.63, 3.8) is 0 Å². The van der Waals surface area contributed by atoms with Gasteiger partial charge in [0.25, 0.3) is 0 Å². The molecule has 0 aliphatic rings. The summed E-state index contributed by atoms with van der Waals surface area (Å²) >= 11 is 3.52. The number of hydrogen-bond donors (Lipinski definition) is 1. The van der Waals surface area contributed by atoms with Gasteiger partial charge in [-0.05, 0) is 53.7 Å². The number of halogens is 1. The molecule has 2 aromatic carbocycles. The highest BCUT2D eigenvalue weighted by Crippen LogP contribution is 2.34. The smallest absolute Gasteiger partial charge is 0.141 e. The van der Waals surface area contributed by atoms with Crippen molar-refractivity contribution in [3.8, 4) is 17.2 Å². The molecular weight excluding hydrogens is 330 g/mol. The Bertz CT molecular complexity index is 614. The molecule has 0 spiro atoms. The first-order valence-corrected chi connectivity index (χ1v) is 7.75. The number of rotatable bonds is 6. The highest BCUT2D eigenvalue weighted by molar-refractivity contribution is 9.10. The molecule has 2 aromatic rings. The van der Waals surface area contributed by atoms with Gasteiger partial charge in [0, 0.05) is 12.1 Å². The van der Waals surface area contributed by atoms with E-state index in [4.69, 9.17) is 9.47 Å². The molecule has 0 amide bonds. The largest absolute Gasteiger partial charge is 0.497 e. The lowest BCUT2D eigenvalue weighted by Crippen LogP contribution is -2.12. The predicted molar refractivity (Wildman–Crippen MR) is 89.3 cm³/mol. The monoisotopic (exact) mass is 349 g/mol. The zero-order valence-corrected chi connectivity index (χ0v) is 14.2. The number of hydrogen-bond acceptors (Lipinski definition) is 3. The van der Waals surface area contributed by atoms with E-state index in [1.807, 2.05) is 24.3 Å². The molecule has 21 heavy (non-hydrogen) atoms. The van der Waals surface area contributed by atoms with E-state index < -0.39 is 0 Å². The van der Waals surface area contributed by atoms with Crippen LogP contribution < -0.4 is 14.8 Å². The summed E-state index contributed by atoms with van der Waals surface area (Å²) in [5.41, 5.74) is 2.38. The van der Waals surface area contributed by atoms with Gasteiger partial charge in [0.2, 0.25) is 0 Å². The maximum absolute atomic E-state index is 6.05. The fraction of sp³-hybridized carbons (Fsp3) is 0.294. The fourth-order valence-electron chi connectivity index (χ4n) is 2.02. The standard InChI is InChI=1S/C17H20BrNO2/c1-4-19-11-13-9-12(2)5-7-16(13)21-17-8-6-14(20-3)10-15(17)18/h5-10,19H,4,11H2,1-3H3. The molecule has 0 aliphatic carbocycles. The summed E-state index contributed by atoms with van der Waals surface area (Å²) in [4.78, 5) is 0. The molecule has 0 radical (unpaired) electrons. The molecule has 2 rings (SSSR count). The van der Waals surface area contributed by atoms with E-state index in [1.54, 1.807) is 7.11 Å². The molecule has 112 valence electrons. The summed E-state index contributed by atoms with van der Waals surface area (Å²) in [6, 6.07) is 11.9. The van der Waals surface area contributed by atoms with Gasteiger partial charge < -0.3 is 14.8 Å². The van der Waals surface area contributed by atoms with Gasteiger partial charge >= 0.3 is 0 Å². The van der Waals surface area contributed by atoms with E-state index in [2.05, 4.69) is 47.2 Å². The summed E-state index contributed by atoms with van der Waals surface area (Å²) in [5, 5.41) is 3.34. The molecule has 4 heteroatoms. The third-order valence-corrected chi connectivity index (χ3v) is 3.76. The lowest BCUT2D eigenvalue weighted by molar-refractivity contribution is 0.412. The van der Waals surface area contributed by atoms with Crippen LogP contribution in [0.4, 0.5) is 0 Å². The van der Waals surface area contributed by atoms with Crippen molar-refractivity contribution in [2.24, 2.45) is 0 Å². The van der Waals surface area contributed by atoms with Crippen molar-refractivity contribution >= 4 is 15.9 Å². The molecule has 3 nitrogen and oxygen atoms in total. The van der Waals surface area contributed by atoms with Crippen LogP contribution in [0.15, 0.2) is 40.9 Å². The molecule has 0 aliphatic heterocycles. The number of methoxy groups -OCH3 is 1. The minimum atomic E-state index is 0.775. The molecule has 0 bridgehead atoms. The van der Waals surface area contributed by atoms with Crippen molar-refractivity contribution in [2.45, 2.75) is 20.4 Å². The molecular formula is C17H20BrNO2. The molecule has 0 unspecified atom stereocenters. The number of nitrogens with one attached hydrogen (secondary N) is 1. The summed E-state index contributed by atoms with van der Waals surface area (Å²) in [5.74, 6) is 2.44. The minimum absolute atomic E-state index is 0.775. The lowest BCUT2D eigenvalue weighted by Gasteiger charge is -2.14. The average Bonchev–Trinajstić information content (AvgIpc) is 2.49. The quantitative estimate of drug-likeness (QED) is 0.821. The third-order valence-electron chi connectivity index (χ3n) is 3.14. The second-order valence-electron chi connectivity index (χ2n) is 4.79. The molecule has 1 N–H and O–H groups in total. The number of ether oxygens (including phenoxy) is 2. The van der Waals surface area contributed by atoms with E-state index >= 15 is 0 Å². The van der Waals surface area contributed by atoms with Crippen LogP contribution in [0.5, 0.6) is 17.2 Å². The summed E-state index contributed by atoms with van der Waals surface area (Å²) in [6.45, 7) is 5.90. The van der Waals surface area contributed by atoms with Crippen LogP contribution in [0.1, 0.15) is 18.1 Å². The van der Waals surface area contributed by atoms with Crippen LogP contribution in [-0.2, 0) is 6.54 Å². The first-order chi connectivity index (χ1) is 10.1. The molecule has 0 aromatic heterocycles. The number of benzene rings is 2. The molecule has 0 heterocycles. The van der Waals surface area contributed by atoms with Crippen molar-refractivity contribution < 1.29 is 9.47 Å². The van der Waals surface area contributed by atoms with Crippen LogP contribution in [0, 0.1) is 6.92 Å². The van der Waals surface area contributed by atoms with Gasteiger partial charge in [-0.3, -0.25) is 0 Å². The van der Waals surface area contributed by atoms with E-state index in [0.29, 0.717) is 0 Å². The van der Waals surface area contributed by atoms with Gasteiger partial charge in [-0.2, -0.15) is 0 Å². The molecule has 0 saturated carbocycles. The third kappa shape index (κ3) is 4.22. The van der Waals surface area contributed by atoms with Gasteiger partial charge in [-0.15, -0.1) is 0 Å². The van der Waals surface area contributed by atoms with Crippen molar-refractivity contribution in [1.82, 2.24) is 5.32 Å². The Morgan fingerprint density at radius 2 is 1.86 bits per heavy atom. The lowest BCUT2D eigenvalue weighted by atomic mass is 10.1. The second-order valence-corrected chi connectivity index (χ2v) is 5.64. The van der Waals surface area contributed by atoms with Crippen molar-refractivity contribution in [1.29, 1.82) is 0 Å². The Morgan fingerprint density at radius 3 is 2.52 bits per heavy atom. The summed E-state index contributed by atoms with van der Waals surface area (Å²) in [6.07, 6.45) is 0. The van der Waals surface area contributed by atoms with Crippen LogP contribution in [0.2, 0.25) is 0 Å². The maximum atomic E-state index is 6.05. The zero-order chi connectivity index (χ0) is 15.2. The topological polar surface area (TPSA) is 30.5 Å². The fourth-order valence-corrected chi connectivity index (χ4v) is 2.45. The molecule has 0 atom stereocenters. The Kier molecular flexibility index (Phi) is 5.65. The van der Waals surface area contributed by atoms with Gasteiger partial charge in [-0.1, -0.05) is 24.6 Å². The first-order valence-electron chi connectivity index (χ1n) is 6.95. The normalized spacial score (nSPS) is 10.5. The van der Waals surface area contributed by atoms with Gasteiger partial charge in [0.1, 0.15) is 17.2 Å². The van der Waals surface area contributed by atoms with Crippen LogP contribution in [0.3, 0.4) is 0 Å². The van der Waals surface area contributed by atoms with E-state index in [-0.39, 0.29) is 0 Å². The number of aryl methyl sites for hydroxylation is 1. The Balaban J connectivity index is 2.26. The molecule has 0 fully saturated rings. The highest BCUT2D eigenvalue weighted by atomic mass is 79.9. The van der Waals surface area contributed by atoms with Crippen LogP contribution in [-0.4, -0.2) is 13.7 Å². The SMILES string of the molecule is CCNCc1cc(C)ccc1Oc1ccc(OC)cc1Br. The molecule has 0 saturated heterocycles. The zero-order valence-electron chi connectivity index (χ0n) is 12.6. The Hall–Kier alpha value is -1.52. The van der Waals surface area contributed by atoms with Crippen molar-refractivity contribution in [3.05, 3.63) is 52.0 Å². The Morgan fingerprint density at radius 1 is 1.10 bits per heavy atom. The first kappa shape index (κ1) is 15.9.